The highest BCUT2D eigenvalue weighted by Crippen LogP contribution is 2.41. The lowest BCUT2D eigenvalue weighted by molar-refractivity contribution is 0.0677. The van der Waals surface area contributed by atoms with Gasteiger partial charge in [-0.1, -0.05) is 12.1 Å². The van der Waals surface area contributed by atoms with Crippen LogP contribution in [-0.2, 0) is 0 Å². The Bertz CT molecular complexity index is 1220. The molecule has 6 N–H and O–H groups in total. The zero-order chi connectivity index (χ0) is 24.8. The molecule has 36 heavy (non-hydrogen) atoms. The van der Waals surface area contributed by atoms with E-state index in [0.717, 1.165) is 0 Å². The molecule has 0 aliphatic rings. The zero-order valence-electron chi connectivity index (χ0n) is 17.5. The highest BCUT2D eigenvalue weighted by Gasteiger charge is 2.26. The summed E-state index contributed by atoms with van der Waals surface area (Å²) < 4.78 is 0.694. The molecule has 4 rings (SSSR count). The van der Waals surface area contributed by atoms with Crippen molar-refractivity contribution in [2.45, 2.75) is 0 Å². The maximum Gasteiger partial charge on any atom is 0.338 e. The Morgan fingerprint density at radius 3 is 1.11 bits per heavy atom. The van der Waals surface area contributed by atoms with Crippen LogP contribution in [-0.4, -0.2) is 63.5 Å². The number of pyridine rings is 2. The monoisotopic (exact) mass is 750 g/mol. The van der Waals surface area contributed by atoms with E-state index in [2.05, 4.69) is 94.1 Å². The predicted octanol–water partition coefficient (Wildman–Crippen LogP) is 3.87. The molecule has 0 spiro atoms. The van der Waals surface area contributed by atoms with Crippen molar-refractivity contribution in [3.63, 3.8) is 0 Å². The number of aromatic carboxylic acids is 2. The van der Waals surface area contributed by atoms with Gasteiger partial charge < -0.3 is 21.2 Å². The van der Waals surface area contributed by atoms with Crippen LogP contribution in [0.15, 0.2) is 66.7 Å². The summed E-state index contributed by atoms with van der Waals surface area (Å²) in [6.07, 6.45) is 3.34. The highest BCUT2D eigenvalue weighted by atomic mass is 79.9. The van der Waals surface area contributed by atoms with Crippen molar-refractivity contribution < 1.29 is 30.8 Å². The number of aromatic nitrogens is 6. The van der Waals surface area contributed by atoms with Crippen LogP contribution in [0.1, 0.15) is 20.7 Å². The van der Waals surface area contributed by atoms with Crippen LogP contribution >= 0.6 is 63.7 Å². The van der Waals surface area contributed by atoms with E-state index in [-0.39, 0.29) is 40.0 Å². The lowest BCUT2D eigenvalue weighted by Crippen LogP contribution is -2.07. The minimum atomic E-state index is -1.17. The summed E-state index contributed by atoms with van der Waals surface area (Å²) in [6, 6.07) is 11.0. The standard InChI is InChI=1S/C12H8N6.C8H2Br4O4.2H2O/c1-3-7-13-9(5-1)11-15-17-12(18-16-11)10-6-2-4-8-14-10;9-3-1(7(13)14)4(10)6(12)2(5(3)11)8(15)16;;/h1-8H;(H,13,14)(H,15,16);2*1H2. The normalized spacial score (nSPS) is 9.67. The summed E-state index contributed by atoms with van der Waals surface area (Å²) in [7, 11) is 0. The van der Waals surface area contributed by atoms with Crippen LogP contribution in [0.4, 0.5) is 0 Å². The molecule has 0 fully saturated rings. The van der Waals surface area contributed by atoms with E-state index < -0.39 is 11.9 Å². The maximum absolute atomic E-state index is 11.0. The summed E-state index contributed by atoms with van der Waals surface area (Å²) in [6.45, 7) is 0. The Hall–Kier alpha value is -2.76. The first-order chi connectivity index (χ1) is 16.2. The minimum absolute atomic E-state index is 0. The number of carbonyl (C=O) groups is 2. The van der Waals surface area contributed by atoms with E-state index in [1.54, 1.807) is 24.5 Å². The predicted molar refractivity (Wildman–Crippen MR) is 142 cm³/mol. The van der Waals surface area contributed by atoms with Gasteiger partial charge in [0.2, 0.25) is 11.6 Å². The van der Waals surface area contributed by atoms with Gasteiger partial charge in [0.25, 0.3) is 0 Å². The SMILES string of the molecule is O.O.O=C(O)c1c(Br)c(Br)c(C(=O)O)c(Br)c1Br.c1ccc(-c2nnc(-c3ccccn3)nn2)nc1. The number of benzene rings is 1. The molecule has 0 saturated heterocycles. The smallest absolute Gasteiger partial charge is 0.338 e. The van der Waals surface area contributed by atoms with Gasteiger partial charge in [-0.2, -0.15) is 0 Å². The third-order valence-corrected chi connectivity index (χ3v) is 8.19. The number of nitrogens with zero attached hydrogens (tertiary/aromatic N) is 6. The lowest BCUT2D eigenvalue weighted by Gasteiger charge is -2.11. The second-order valence-corrected chi connectivity index (χ2v) is 9.27. The third-order valence-electron chi connectivity index (χ3n) is 3.96. The molecule has 4 aromatic rings. The van der Waals surface area contributed by atoms with Crippen molar-refractivity contribution in [1.29, 1.82) is 0 Å². The van der Waals surface area contributed by atoms with Crippen LogP contribution in [0, 0.1) is 0 Å². The Morgan fingerprint density at radius 2 is 0.889 bits per heavy atom. The van der Waals surface area contributed by atoms with Crippen molar-refractivity contribution in [2.75, 3.05) is 0 Å². The van der Waals surface area contributed by atoms with Crippen LogP contribution in [0.2, 0.25) is 0 Å². The fourth-order valence-corrected chi connectivity index (χ4v) is 5.23. The number of hydrogen-bond acceptors (Lipinski definition) is 8. The second kappa shape index (κ2) is 14.1. The molecule has 0 radical (unpaired) electrons. The molecule has 16 heteroatoms. The molecule has 0 aliphatic carbocycles. The van der Waals surface area contributed by atoms with Crippen LogP contribution in [0.25, 0.3) is 23.0 Å². The topological polar surface area (TPSA) is 215 Å². The molecule has 0 amide bonds. The van der Waals surface area contributed by atoms with Gasteiger partial charge in [-0.25, -0.2) is 9.59 Å². The highest BCUT2D eigenvalue weighted by molar-refractivity contribution is 9.14. The van der Waals surface area contributed by atoms with Crippen LogP contribution < -0.4 is 0 Å². The van der Waals surface area contributed by atoms with Crippen molar-refractivity contribution in [2.24, 2.45) is 0 Å². The molecule has 3 heterocycles. The first kappa shape index (κ1) is 31.3. The molecule has 0 bridgehead atoms. The molecule has 188 valence electrons. The molecular weight excluding hydrogens is 740 g/mol. The average molecular weight is 754 g/mol. The summed E-state index contributed by atoms with van der Waals surface area (Å²) in [5.74, 6) is -1.54. The van der Waals surface area contributed by atoms with Gasteiger partial charge in [0, 0.05) is 30.3 Å². The van der Waals surface area contributed by atoms with E-state index in [0.29, 0.717) is 23.0 Å². The van der Waals surface area contributed by atoms with Gasteiger partial charge in [-0.3, -0.25) is 9.97 Å². The van der Waals surface area contributed by atoms with Gasteiger partial charge >= 0.3 is 11.9 Å². The number of hydrogen-bond donors (Lipinski definition) is 2. The van der Waals surface area contributed by atoms with Crippen molar-refractivity contribution in [1.82, 2.24) is 30.4 Å². The lowest BCUT2D eigenvalue weighted by atomic mass is 10.1. The average Bonchev–Trinajstić information content (AvgIpc) is 2.84. The Kier molecular flexibility index (Phi) is 12.2. The Morgan fingerprint density at radius 1 is 0.583 bits per heavy atom. The molecule has 0 atom stereocenters. The molecule has 12 nitrogen and oxygen atoms in total. The number of carboxylic acid groups (broad SMARTS) is 2. The summed E-state index contributed by atoms with van der Waals surface area (Å²) >= 11 is 12.2. The third kappa shape index (κ3) is 7.14. The van der Waals surface area contributed by atoms with Crippen molar-refractivity contribution >= 4 is 75.7 Å². The van der Waals surface area contributed by atoms with Gasteiger partial charge in [0.1, 0.15) is 11.4 Å². The first-order valence-electron chi connectivity index (χ1n) is 8.95. The number of rotatable bonds is 4. The first-order valence-corrected chi connectivity index (χ1v) is 12.1. The molecule has 0 unspecified atom stereocenters. The summed E-state index contributed by atoms with van der Waals surface area (Å²) in [5.41, 5.74) is 1.18. The quantitative estimate of drug-likeness (QED) is 0.287. The molecule has 1 aromatic carbocycles. The van der Waals surface area contributed by atoms with E-state index in [1.165, 1.54) is 0 Å². The van der Waals surface area contributed by atoms with Crippen molar-refractivity contribution in [3.05, 3.63) is 77.8 Å². The summed E-state index contributed by atoms with van der Waals surface area (Å²) in [4.78, 5) is 30.2. The fraction of sp³-hybridized carbons (Fsp3) is 0. The van der Waals surface area contributed by atoms with Crippen LogP contribution in [0.5, 0.6) is 0 Å². The number of halogens is 4. The van der Waals surface area contributed by atoms with Gasteiger partial charge in [-0.15, -0.1) is 20.4 Å². The fourth-order valence-electron chi connectivity index (χ4n) is 2.43. The van der Waals surface area contributed by atoms with E-state index >= 15 is 0 Å². The minimum Gasteiger partial charge on any atom is -0.478 e. The van der Waals surface area contributed by atoms with E-state index in [4.69, 9.17) is 10.2 Å². The van der Waals surface area contributed by atoms with E-state index in [1.807, 2.05) is 24.3 Å². The molecule has 0 aliphatic heterocycles. The molecular formula is C20H14Br4N6O6. The van der Waals surface area contributed by atoms with Crippen molar-refractivity contribution in [3.8, 4) is 23.0 Å². The Balaban J connectivity index is 0.000000344. The van der Waals surface area contributed by atoms with Gasteiger partial charge in [0.15, 0.2) is 0 Å². The molecule has 3 aromatic heterocycles. The Labute approximate surface area is 236 Å². The van der Waals surface area contributed by atoms with E-state index in [9.17, 15) is 9.59 Å². The van der Waals surface area contributed by atoms with Gasteiger partial charge in [0.05, 0.1) is 11.1 Å². The van der Waals surface area contributed by atoms with Crippen LogP contribution in [0.3, 0.4) is 0 Å². The maximum atomic E-state index is 11.0. The molecule has 0 saturated carbocycles. The summed E-state index contributed by atoms with van der Waals surface area (Å²) in [5, 5.41) is 33.9. The second-order valence-electron chi connectivity index (χ2n) is 6.09. The van der Waals surface area contributed by atoms with Gasteiger partial charge in [-0.05, 0) is 88.0 Å². The number of carboxylic acids is 2. The largest absolute Gasteiger partial charge is 0.478 e. The zero-order valence-corrected chi connectivity index (χ0v) is 23.9.